The summed E-state index contributed by atoms with van der Waals surface area (Å²) >= 11 is 6.06. The molecule has 0 saturated carbocycles. The Hall–Kier alpha value is -1.18. The van der Waals surface area contributed by atoms with Crippen molar-refractivity contribution in [3.63, 3.8) is 0 Å². The summed E-state index contributed by atoms with van der Waals surface area (Å²) in [6, 6.07) is 7.10. The van der Waals surface area contributed by atoms with Crippen LogP contribution >= 0.6 is 38.6 Å². The predicted octanol–water partition coefficient (Wildman–Crippen LogP) is 3.29. The monoisotopic (exact) mass is 359 g/mol. The minimum Gasteiger partial charge on any atom is -0.465 e. The van der Waals surface area contributed by atoms with Crippen LogP contribution in [-0.2, 0) is 11.3 Å². The van der Waals surface area contributed by atoms with Crippen LogP contribution in [0, 0.1) is 0 Å². The molecule has 0 aromatic carbocycles. The van der Waals surface area contributed by atoms with Crippen molar-refractivity contribution in [2.24, 2.45) is 0 Å². The van der Waals surface area contributed by atoms with Gasteiger partial charge in [-0.1, -0.05) is 0 Å². The molecule has 1 amide bonds. The Labute approximate surface area is 126 Å². The maximum absolute atomic E-state index is 11.9. The van der Waals surface area contributed by atoms with E-state index in [1.54, 1.807) is 23.5 Å². The van der Waals surface area contributed by atoms with Gasteiger partial charge in [-0.3, -0.25) is 4.79 Å². The molecule has 0 saturated heterocycles. The zero-order chi connectivity index (χ0) is 13.8. The Morgan fingerprint density at radius 3 is 2.58 bits per heavy atom. The van der Waals surface area contributed by atoms with Crippen molar-refractivity contribution >= 4 is 50.5 Å². The van der Waals surface area contributed by atoms with E-state index in [2.05, 4.69) is 26.0 Å². The van der Waals surface area contributed by atoms with E-state index in [0.29, 0.717) is 16.3 Å². The van der Waals surface area contributed by atoms with Crippen molar-refractivity contribution in [3.8, 4) is 0 Å². The van der Waals surface area contributed by atoms with Crippen LogP contribution in [0.2, 0.25) is 0 Å². The first-order chi connectivity index (χ1) is 9.10. The Bertz CT molecular complexity index is 606. The van der Waals surface area contributed by atoms with Crippen LogP contribution in [-0.4, -0.2) is 19.0 Å². The third-order valence-corrected chi connectivity index (χ3v) is 4.96. The number of rotatable bonds is 4. The van der Waals surface area contributed by atoms with E-state index >= 15 is 0 Å². The summed E-state index contributed by atoms with van der Waals surface area (Å²) in [4.78, 5) is 25.2. The fourth-order valence-corrected chi connectivity index (χ4v) is 3.63. The second-order valence-corrected chi connectivity index (χ2v) is 7.18. The van der Waals surface area contributed by atoms with Gasteiger partial charge in [0.2, 0.25) is 0 Å². The molecule has 0 radical (unpaired) electrons. The third kappa shape index (κ3) is 3.65. The average molecular weight is 360 g/mol. The first kappa shape index (κ1) is 14.2. The van der Waals surface area contributed by atoms with Crippen LogP contribution in [0.25, 0.3) is 0 Å². The number of esters is 1. The lowest BCUT2D eigenvalue weighted by Crippen LogP contribution is -2.21. The highest BCUT2D eigenvalue weighted by Crippen LogP contribution is 2.22. The summed E-state index contributed by atoms with van der Waals surface area (Å²) in [5.74, 6) is -0.615. The molecule has 2 aromatic rings. The summed E-state index contributed by atoms with van der Waals surface area (Å²) in [5.41, 5.74) is 0. The third-order valence-electron chi connectivity index (χ3n) is 2.27. The average Bonchev–Trinajstić information content (AvgIpc) is 3.04. The van der Waals surface area contributed by atoms with Gasteiger partial charge in [-0.2, -0.15) is 0 Å². The van der Waals surface area contributed by atoms with Crippen LogP contribution in [0.5, 0.6) is 0 Å². The van der Waals surface area contributed by atoms with E-state index < -0.39 is 5.97 Å². The summed E-state index contributed by atoms with van der Waals surface area (Å²) in [6.45, 7) is 0.473. The van der Waals surface area contributed by atoms with Crippen LogP contribution in [0.4, 0.5) is 0 Å². The molecule has 7 heteroatoms. The van der Waals surface area contributed by atoms with Crippen LogP contribution in [0.3, 0.4) is 0 Å². The molecule has 4 nitrogen and oxygen atoms in total. The first-order valence-electron chi connectivity index (χ1n) is 5.30. The smallest absolute Gasteiger partial charge is 0.348 e. The van der Waals surface area contributed by atoms with Gasteiger partial charge in [-0.25, -0.2) is 4.79 Å². The van der Waals surface area contributed by atoms with E-state index in [4.69, 9.17) is 0 Å². The zero-order valence-corrected chi connectivity index (χ0v) is 13.2. The molecular formula is C12H10BrNO3S2. The van der Waals surface area contributed by atoms with Crippen molar-refractivity contribution in [1.82, 2.24) is 5.32 Å². The highest BCUT2D eigenvalue weighted by atomic mass is 79.9. The number of amides is 1. The molecule has 100 valence electrons. The standard InChI is InChI=1S/C12H10BrNO3S2/c1-17-12(16)9-4-3-8(19-9)11(15)14-6-7-2-5-10(13)18-7/h2-5H,6H2,1H3,(H,14,15). The molecule has 0 bridgehead atoms. The molecule has 0 aliphatic heterocycles. The minimum atomic E-state index is -0.425. The van der Waals surface area contributed by atoms with Gasteiger partial charge in [0.25, 0.3) is 5.91 Å². The number of carbonyl (C=O) groups is 2. The van der Waals surface area contributed by atoms with Crippen molar-refractivity contribution < 1.29 is 14.3 Å². The molecule has 1 N–H and O–H groups in total. The van der Waals surface area contributed by atoms with Gasteiger partial charge < -0.3 is 10.1 Å². The van der Waals surface area contributed by atoms with Gasteiger partial charge in [-0.15, -0.1) is 22.7 Å². The molecule has 0 atom stereocenters. The van der Waals surface area contributed by atoms with Crippen molar-refractivity contribution in [2.45, 2.75) is 6.54 Å². The quantitative estimate of drug-likeness (QED) is 0.852. The van der Waals surface area contributed by atoms with E-state index in [-0.39, 0.29) is 5.91 Å². The maximum atomic E-state index is 11.9. The molecule has 0 aliphatic carbocycles. The number of hydrogen-bond acceptors (Lipinski definition) is 5. The summed E-state index contributed by atoms with van der Waals surface area (Å²) in [6.07, 6.45) is 0. The number of methoxy groups -OCH3 is 1. The van der Waals surface area contributed by atoms with Gasteiger partial charge in [0.15, 0.2) is 0 Å². The number of carbonyl (C=O) groups excluding carboxylic acids is 2. The highest BCUT2D eigenvalue weighted by Gasteiger charge is 2.13. The SMILES string of the molecule is COC(=O)c1ccc(C(=O)NCc2ccc(Br)s2)s1. The lowest BCUT2D eigenvalue weighted by Gasteiger charge is -2.00. The maximum Gasteiger partial charge on any atom is 0.348 e. The minimum absolute atomic E-state index is 0.190. The Kier molecular flexibility index (Phi) is 4.73. The fraction of sp³-hybridized carbons (Fsp3) is 0.167. The Morgan fingerprint density at radius 2 is 1.95 bits per heavy atom. The molecule has 19 heavy (non-hydrogen) atoms. The van der Waals surface area contributed by atoms with Crippen LogP contribution in [0.1, 0.15) is 24.2 Å². The number of halogens is 1. The highest BCUT2D eigenvalue weighted by molar-refractivity contribution is 9.11. The normalized spacial score (nSPS) is 10.2. The van der Waals surface area contributed by atoms with Crippen LogP contribution in [0.15, 0.2) is 28.1 Å². The van der Waals surface area contributed by atoms with E-state index in [0.717, 1.165) is 20.0 Å². The molecule has 2 heterocycles. The second kappa shape index (κ2) is 6.31. The molecular weight excluding hydrogens is 350 g/mol. The molecule has 0 fully saturated rings. The van der Waals surface area contributed by atoms with Crippen molar-refractivity contribution in [2.75, 3.05) is 7.11 Å². The lowest BCUT2D eigenvalue weighted by molar-refractivity contribution is 0.0606. The molecule has 0 spiro atoms. The van der Waals surface area contributed by atoms with Gasteiger partial charge in [-0.05, 0) is 40.2 Å². The van der Waals surface area contributed by atoms with Crippen LogP contribution < -0.4 is 5.32 Å². The zero-order valence-electron chi connectivity index (χ0n) is 9.94. The van der Waals surface area contributed by atoms with Gasteiger partial charge in [0.05, 0.1) is 22.3 Å². The molecule has 0 aliphatic rings. The first-order valence-corrected chi connectivity index (χ1v) is 7.73. The van der Waals surface area contributed by atoms with E-state index in [1.165, 1.54) is 7.11 Å². The Balaban J connectivity index is 1.96. The lowest BCUT2D eigenvalue weighted by atomic mass is 10.4. The number of nitrogens with one attached hydrogen (secondary N) is 1. The molecule has 2 rings (SSSR count). The Morgan fingerprint density at radius 1 is 1.21 bits per heavy atom. The summed E-state index contributed by atoms with van der Waals surface area (Å²) in [5, 5.41) is 2.81. The largest absolute Gasteiger partial charge is 0.465 e. The second-order valence-electron chi connectivity index (χ2n) is 3.54. The summed E-state index contributed by atoms with van der Waals surface area (Å²) in [7, 11) is 1.32. The molecule has 2 aromatic heterocycles. The predicted molar refractivity (Wildman–Crippen MR) is 78.8 cm³/mol. The molecule has 0 unspecified atom stereocenters. The van der Waals surface area contributed by atoms with E-state index in [9.17, 15) is 9.59 Å². The van der Waals surface area contributed by atoms with Gasteiger partial charge in [0.1, 0.15) is 4.88 Å². The fourth-order valence-electron chi connectivity index (χ4n) is 1.37. The van der Waals surface area contributed by atoms with Crippen molar-refractivity contribution in [3.05, 3.63) is 42.7 Å². The van der Waals surface area contributed by atoms with Gasteiger partial charge in [0, 0.05) is 4.88 Å². The van der Waals surface area contributed by atoms with Gasteiger partial charge >= 0.3 is 5.97 Å². The number of ether oxygens (including phenoxy) is 1. The topological polar surface area (TPSA) is 55.4 Å². The van der Waals surface area contributed by atoms with E-state index in [1.807, 2.05) is 12.1 Å². The number of thiophene rings is 2. The number of hydrogen-bond donors (Lipinski definition) is 1. The van der Waals surface area contributed by atoms with Crippen molar-refractivity contribution in [1.29, 1.82) is 0 Å². The summed E-state index contributed by atoms with van der Waals surface area (Å²) < 4.78 is 5.63.